The first-order valence-corrected chi connectivity index (χ1v) is 8.39. The van der Waals surface area contributed by atoms with E-state index in [-0.39, 0.29) is 5.84 Å². The second-order valence-electron chi connectivity index (χ2n) is 5.07. The standard InChI is InChI=1S/C15H16BrN3OS/c1-9-11-5-7-21-14(11)4-6-19(9)10-2-3-12(13(16)8-10)15(17)18-20/h2-3,5,7-9,20H,4,6H2,1H3,(H2,17,18). The molecule has 1 unspecified atom stereocenters. The van der Waals surface area contributed by atoms with Gasteiger partial charge in [-0.1, -0.05) is 5.16 Å². The molecule has 6 heteroatoms. The number of nitrogens with two attached hydrogens (primary N) is 1. The summed E-state index contributed by atoms with van der Waals surface area (Å²) in [6, 6.07) is 8.51. The van der Waals surface area contributed by atoms with Gasteiger partial charge in [0, 0.05) is 27.1 Å². The molecule has 2 aromatic rings. The molecule has 110 valence electrons. The monoisotopic (exact) mass is 365 g/mol. The average Bonchev–Trinajstić information content (AvgIpc) is 2.96. The fourth-order valence-corrected chi connectivity index (χ4v) is 4.34. The summed E-state index contributed by atoms with van der Waals surface area (Å²) < 4.78 is 0.832. The van der Waals surface area contributed by atoms with Crippen LogP contribution >= 0.6 is 27.3 Å². The Labute approximate surface area is 136 Å². The minimum absolute atomic E-state index is 0.111. The maximum Gasteiger partial charge on any atom is 0.171 e. The molecule has 1 atom stereocenters. The van der Waals surface area contributed by atoms with E-state index in [0.29, 0.717) is 11.6 Å². The lowest BCUT2D eigenvalue weighted by Crippen LogP contribution is -2.33. The van der Waals surface area contributed by atoms with Gasteiger partial charge in [0.15, 0.2) is 5.84 Å². The number of nitrogens with zero attached hydrogens (tertiary/aromatic N) is 2. The van der Waals surface area contributed by atoms with E-state index in [2.05, 4.69) is 44.4 Å². The normalized spacial score (nSPS) is 18.7. The highest BCUT2D eigenvalue weighted by atomic mass is 79.9. The molecule has 0 aliphatic carbocycles. The second kappa shape index (κ2) is 5.69. The van der Waals surface area contributed by atoms with Gasteiger partial charge in [0.1, 0.15) is 0 Å². The van der Waals surface area contributed by atoms with Crippen molar-refractivity contribution in [1.82, 2.24) is 0 Å². The van der Waals surface area contributed by atoms with E-state index in [9.17, 15) is 0 Å². The third-order valence-electron chi connectivity index (χ3n) is 3.95. The number of fused-ring (bicyclic) bond motifs is 1. The molecule has 0 saturated heterocycles. The molecule has 0 bridgehead atoms. The van der Waals surface area contributed by atoms with Crippen molar-refractivity contribution in [2.24, 2.45) is 10.9 Å². The van der Waals surface area contributed by atoms with E-state index < -0.39 is 0 Å². The van der Waals surface area contributed by atoms with Gasteiger partial charge >= 0.3 is 0 Å². The van der Waals surface area contributed by atoms with Crippen LogP contribution in [0, 0.1) is 0 Å². The van der Waals surface area contributed by atoms with E-state index in [1.807, 2.05) is 29.5 Å². The third-order valence-corrected chi connectivity index (χ3v) is 5.60. The highest BCUT2D eigenvalue weighted by molar-refractivity contribution is 9.10. The molecule has 0 fully saturated rings. The van der Waals surface area contributed by atoms with Crippen molar-refractivity contribution < 1.29 is 5.21 Å². The van der Waals surface area contributed by atoms with Crippen molar-refractivity contribution in [3.63, 3.8) is 0 Å². The average molecular weight is 366 g/mol. The smallest absolute Gasteiger partial charge is 0.171 e. The van der Waals surface area contributed by atoms with Crippen molar-refractivity contribution in [3.05, 3.63) is 50.1 Å². The first kappa shape index (κ1) is 14.4. The van der Waals surface area contributed by atoms with E-state index >= 15 is 0 Å². The lowest BCUT2D eigenvalue weighted by Gasteiger charge is -2.35. The SMILES string of the molecule is CC1c2ccsc2CCN1c1ccc(/C(N)=N/O)c(Br)c1. The Bertz CT molecular complexity index is 698. The number of oxime groups is 1. The number of halogens is 1. The van der Waals surface area contributed by atoms with E-state index in [0.717, 1.165) is 23.1 Å². The Morgan fingerprint density at radius 2 is 2.29 bits per heavy atom. The van der Waals surface area contributed by atoms with Gasteiger partial charge in [-0.2, -0.15) is 0 Å². The molecule has 21 heavy (non-hydrogen) atoms. The van der Waals surface area contributed by atoms with Crippen molar-refractivity contribution >= 4 is 38.8 Å². The zero-order chi connectivity index (χ0) is 15.0. The molecule has 1 aromatic carbocycles. The molecule has 0 spiro atoms. The van der Waals surface area contributed by atoms with Gasteiger partial charge in [0.2, 0.25) is 0 Å². The number of hydrogen-bond donors (Lipinski definition) is 2. The molecular formula is C15H16BrN3OS. The maximum atomic E-state index is 8.79. The van der Waals surface area contributed by atoms with Gasteiger partial charge in [0.25, 0.3) is 0 Å². The molecule has 0 amide bonds. The lowest BCUT2D eigenvalue weighted by molar-refractivity contribution is 0.318. The summed E-state index contributed by atoms with van der Waals surface area (Å²) in [5, 5.41) is 14.0. The van der Waals surface area contributed by atoms with E-state index in [4.69, 9.17) is 10.9 Å². The zero-order valence-electron chi connectivity index (χ0n) is 11.6. The predicted octanol–water partition coefficient (Wildman–Crippen LogP) is 3.73. The number of amidine groups is 1. The minimum atomic E-state index is 0.111. The molecule has 0 radical (unpaired) electrons. The molecule has 1 aliphatic heterocycles. The fourth-order valence-electron chi connectivity index (χ4n) is 2.81. The molecule has 4 nitrogen and oxygen atoms in total. The molecule has 1 aromatic heterocycles. The summed E-state index contributed by atoms with van der Waals surface area (Å²) in [5.74, 6) is 0.111. The van der Waals surface area contributed by atoms with Crippen LogP contribution in [0.25, 0.3) is 0 Å². The van der Waals surface area contributed by atoms with Crippen LogP contribution < -0.4 is 10.6 Å². The molecule has 1 aliphatic rings. The van der Waals surface area contributed by atoms with Crippen LogP contribution in [0.4, 0.5) is 5.69 Å². The molecule has 3 N–H and O–H groups in total. The number of hydrogen-bond acceptors (Lipinski definition) is 4. The largest absolute Gasteiger partial charge is 0.409 e. The lowest BCUT2D eigenvalue weighted by atomic mass is 10.0. The van der Waals surface area contributed by atoms with E-state index in [1.165, 1.54) is 10.4 Å². The Balaban J connectivity index is 1.94. The maximum absolute atomic E-state index is 8.79. The summed E-state index contributed by atoms with van der Waals surface area (Å²) in [5.41, 5.74) is 8.91. The summed E-state index contributed by atoms with van der Waals surface area (Å²) in [6.07, 6.45) is 1.08. The van der Waals surface area contributed by atoms with Crippen LogP contribution in [0.1, 0.15) is 29.0 Å². The van der Waals surface area contributed by atoms with Gasteiger partial charge in [-0.25, -0.2) is 0 Å². The summed E-state index contributed by atoms with van der Waals surface area (Å²) in [4.78, 5) is 3.88. The van der Waals surface area contributed by atoms with Gasteiger partial charge in [-0.3, -0.25) is 0 Å². The Morgan fingerprint density at radius 3 is 3.00 bits per heavy atom. The summed E-state index contributed by atoms with van der Waals surface area (Å²) in [6.45, 7) is 3.24. The van der Waals surface area contributed by atoms with Crippen LogP contribution in [0.2, 0.25) is 0 Å². The third kappa shape index (κ3) is 2.53. The van der Waals surface area contributed by atoms with Crippen LogP contribution in [-0.4, -0.2) is 17.6 Å². The summed E-state index contributed by atoms with van der Waals surface area (Å²) in [7, 11) is 0. The minimum Gasteiger partial charge on any atom is -0.409 e. The van der Waals surface area contributed by atoms with Crippen LogP contribution in [-0.2, 0) is 6.42 Å². The predicted molar refractivity (Wildman–Crippen MR) is 90.4 cm³/mol. The fraction of sp³-hybridized carbons (Fsp3) is 0.267. The highest BCUT2D eigenvalue weighted by Gasteiger charge is 2.25. The number of benzene rings is 1. The van der Waals surface area contributed by atoms with Crippen molar-refractivity contribution in [3.8, 4) is 0 Å². The van der Waals surface area contributed by atoms with E-state index in [1.54, 1.807) is 0 Å². The van der Waals surface area contributed by atoms with Gasteiger partial charge in [-0.15, -0.1) is 11.3 Å². The highest BCUT2D eigenvalue weighted by Crippen LogP contribution is 2.37. The molecular weight excluding hydrogens is 350 g/mol. The second-order valence-corrected chi connectivity index (χ2v) is 6.92. The van der Waals surface area contributed by atoms with Crippen molar-refractivity contribution in [2.45, 2.75) is 19.4 Å². The Kier molecular flexibility index (Phi) is 3.91. The molecule has 3 rings (SSSR count). The number of anilines is 1. The molecule has 2 heterocycles. The number of thiophene rings is 1. The quantitative estimate of drug-likeness (QED) is 0.369. The van der Waals surface area contributed by atoms with Crippen LogP contribution in [0.5, 0.6) is 0 Å². The van der Waals surface area contributed by atoms with Crippen LogP contribution in [0.3, 0.4) is 0 Å². The Morgan fingerprint density at radius 1 is 1.48 bits per heavy atom. The molecule has 0 saturated carbocycles. The summed E-state index contributed by atoms with van der Waals surface area (Å²) >= 11 is 5.35. The Hall–Kier alpha value is -1.53. The van der Waals surface area contributed by atoms with Crippen LogP contribution in [0.15, 0.2) is 39.3 Å². The number of rotatable bonds is 2. The van der Waals surface area contributed by atoms with Gasteiger partial charge < -0.3 is 15.8 Å². The topological polar surface area (TPSA) is 61.8 Å². The van der Waals surface area contributed by atoms with Gasteiger partial charge in [-0.05, 0) is 64.5 Å². The first-order chi connectivity index (χ1) is 10.1. The van der Waals surface area contributed by atoms with Crippen molar-refractivity contribution in [2.75, 3.05) is 11.4 Å². The zero-order valence-corrected chi connectivity index (χ0v) is 14.0. The first-order valence-electron chi connectivity index (χ1n) is 6.72. The van der Waals surface area contributed by atoms with Gasteiger partial charge in [0.05, 0.1) is 6.04 Å². The van der Waals surface area contributed by atoms with Crippen molar-refractivity contribution in [1.29, 1.82) is 0 Å².